The molecule has 0 radical (unpaired) electrons. The summed E-state index contributed by atoms with van der Waals surface area (Å²) in [5.74, 6) is 0.458. The predicted molar refractivity (Wildman–Crippen MR) is 84.0 cm³/mol. The summed E-state index contributed by atoms with van der Waals surface area (Å²) in [5, 5.41) is 0. The SMILES string of the molecule is CC(C)CCN(CC(=O)c1ccc(F)cc1)C1CCCC1. The molecule has 21 heavy (non-hydrogen) atoms. The minimum Gasteiger partial charge on any atom is -0.293 e. The van der Waals surface area contributed by atoms with Crippen molar-refractivity contribution in [2.45, 2.75) is 52.0 Å². The van der Waals surface area contributed by atoms with E-state index in [-0.39, 0.29) is 11.6 Å². The molecule has 0 saturated heterocycles. The second-order valence-corrected chi connectivity index (χ2v) is 6.52. The highest BCUT2D eigenvalue weighted by atomic mass is 19.1. The van der Waals surface area contributed by atoms with E-state index in [4.69, 9.17) is 0 Å². The molecule has 1 aliphatic rings. The number of halogens is 1. The Bertz CT molecular complexity index is 449. The molecule has 1 aliphatic carbocycles. The van der Waals surface area contributed by atoms with Crippen molar-refractivity contribution >= 4 is 5.78 Å². The van der Waals surface area contributed by atoms with Crippen molar-refractivity contribution in [2.24, 2.45) is 5.92 Å². The van der Waals surface area contributed by atoms with Crippen molar-refractivity contribution in [1.82, 2.24) is 4.90 Å². The van der Waals surface area contributed by atoms with E-state index in [9.17, 15) is 9.18 Å². The first-order valence-electron chi connectivity index (χ1n) is 8.09. The summed E-state index contributed by atoms with van der Waals surface area (Å²) in [5.41, 5.74) is 0.615. The minimum absolute atomic E-state index is 0.102. The third kappa shape index (κ3) is 4.92. The van der Waals surface area contributed by atoms with E-state index in [1.165, 1.54) is 37.8 Å². The molecule has 0 unspecified atom stereocenters. The summed E-state index contributed by atoms with van der Waals surface area (Å²) in [4.78, 5) is 14.7. The van der Waals surface area contributed by atoms with Gasteiger partial charge >= 0.3 is 0 Å². The van der Waals surface area contributed by atoms with E-state index in [2.05, 4.69) is 18.7 Å². The molecule has 0 N–H and O–H groups in total. The van der Waals surface area contributed by atoms with Crippen LogP contribution in [0, 0.1) is 11.7 Å². The van der Waals surface area contributed by atoms with Crippen LogP contribution in [-0.2, 0) is 0 Å². The van der Waals surface area contributed by atoms with Gasteiger partial charge in [0.25, 0.3) is 0 Å². The Hall–Kier alpha value is -1.22. The Morgan fingerprint density at radius 3 is 2.43 bits per heavy atom. The third-order valence-electron chi connectivity index (χ3n) is 4.35. The normalized spacial score (nSPS) is 16.0. The maximum Gasteiger partial charge on any atom is 0.176 e. The highest BCUT2D eigenvalue weighted by molar-refractivity contribution is 5.97. The fourth-order valence-corrected chi connectivity index (χ4v) is 3.00. The molecule has 116 valence electrons. The molecule has 0 aromatic heterocycles. The first-order chi connectivity index (χ1) is 10.1. The van der Waals surface area contributed by atoms with Crippen molar-refractivity contribution in [3.63, 3.8) is 0 Å². The smallest absolute Gasteiger partial charge is 0.176 e. The number of ketones is 1. The van der Waals surface area contributed by atoms with Crippen molar-refractivity contribution in [2.75, 3.05) is 13.1 Å². The molecule has 2 nitrogen and oxygen atoms in total. The van der Waals surface area contributed by atoms with Gasteiger partial charge in [0.1, 0.15) is 5.82 Å². The Labute approximate surface area is 127 Å². The van der Waals surface area contributed by atoms with Gasteiger partial charge in [-0.1, -0.05) is 26.7 Å². The zero-order valence-electron chi connectivity index (χ0n) is 13.1. The van der Waals surface area contributed by atoms with Crippen molar-refractivity contribution < 1.29 is 9.18 Å². The van der Waals surface area contributed by atoms with E-state index in [0.717, 1.165) is 13.0 Å². The van der Waals surface area contributed by atoms with Gasteiger partial charge in [0, 0.05) is 11.6 Å². The Balaban J connectivity index is 1.99. The average molecular weight is 291 g/mol. The molecule has 0 heterocycles. The number of Topliss-reactive ketones (excluding diaryl/α,β-unsaturated/α-hetero) is 1. The van der Waals surface area contributed by atoms with Crippen LogP contribution in [0.3, 0.4) is 0 Å². The first-order valence-corrected chi connectivity index (χ1v) is 8.09. The van der Waals surface area contributed by atoms with Gasteiger partial charge in [-0.3, -0.25) is 9.69 Å². The van der Waals surface area contributed by atoms with Crippen LogP contribution >= 0.6 is 0 Å². The number of hydrogen-bond donors (Lipinski definition) is 0. The van der Waals surface area contributed by atoms with Crippen molar-refractivity contribution in [3.05, 3.63) is 35.6 Å². The van der Waals surface area contributed by atoms with Crippen LogP contribution in [0.25, 0.3) is 0 Å². The molecule has 1 saturated carbocycles. The molecule has 0 atom stereocenters. The molecule has 3 heteroatoms. The predicted octanol–water partition coefficient (Wildman–Crippen LogP) is 4.30. The number of hydrogen-bond acceptors (Lipinski definition) is 2. The molecule has 0 aliphatic heterocycles. The van der Waals surface area contributed by atoms with Gasteiger partial charge in [-0.05, 0) is 56.0 Å². The minimum atomic E-state index is -0.293. The summed E-state index contributed by atoms with van der Waals surface area (Å²) in [6, 6.07) is 6.45. The van der Waals surface area contributed by atoms with Crippen LogP contribution in [-0.4, -0.2) is 29.8 Å². The zero-order chi connectivity index (χ0) is 15.2. The molecule has 2 rings (SSSR count). The zero-order valence-corrected chi connectivity index (χ0v) is 13.1. The van der Waals surface area contributed by atoms with E-state index in [0.29, 0.717) is 24.1 Å². The Kier molecular flexibility index (Phi) is 5.92. The highest BCUT2D eigenvalue weighted by Gasteiger charge is 2.24. The quantitative estimate of drug-likeness (QED) is 0.698. The molecule has 1 aromatic carbocycles. The van der Waals surface area contributed by atoms with Gasteiger partial charge in [-0.2, -0.15) is 0 Å². The van der Waals surface area contributed by atoms with Crippen molar-refractivity contribution in [3.8, 4) is 0 Å². The third-order valence-corrected chi connectivity index (χ3v) is 4.35. The van der Waals surface area contributed by atoms with Gasteiger partial charge in [-0.25, -0.2) is 4.39 Å². The van der Waals surface area contributed by atoms with Crippen LogP contribution in [0.2, 0.25) is 0 Å². The lowest BCUT2D eigenvalue weighted by Crippen LogP contribution is -2.38. The number of rotatable bonds is 7. The topological polar surface area (TPSA) is 20.3 Å². The van der Waals surface area contributed by atoms with Gasteiger partial charge in [0.15, 0.2) is 5.78 Å². The highest BCUT2D eigenvalue weighted by Crippen LogP contribution is 2.24. The van der Waals surface area contributed by atoms with Gasteiger partial charge < -0.3 is 0 Å². The average Bonchev–Trinajstić information content (AvgIpc) is 2.97. The van der Waals surface area contributed by atoms with Crippen LogP contribution in [0.15, 0.2) is 24.3 Å². The van der Waals surface area contributed by atoms with E-state index in [1.54, 1.807) is 12.1 Å². The fourth-order valence-electron chi connectivity index (χ4n) is 3.00. The first kappa shape index (κ1) is 16.2. The summed E-state index contributed by atoms with van der Waals surface area (Å²) in [7, 11) is 0. The van der Waals surface area contributed by atoms with E-state index in [1.807, 2.05) is 0 Å². The number of benzene rings is 1. The maximum absolute atomic E-state index is 12.9. The molecule has 0 bridgehead atoms. The van der Waals surface area contributed by atoms with Gasteiger partial charge in [0.05, 0.1) is 6.54 Å². The standard InChI is InChI=1S/C18H26FNO/c1-14(2)11-12-20(17-5-3-4-6-17)13-18(21)15-7-9-16(19)10-8-15/h7-10,14,17H,3-6,11-13H2,1-2H3. The molecule has 1 fully saturated rings. The molecular weight excluding hydrogens is 265 g/mol. The van der Waals surface area contributed by atoms with Crippen molar-refractivity contribution in [1.29, 1.82) is 0 Å². The maximum atomic E-state index is 12.9. The lowest BCUT2D eigenvalue weighted by Gasteiger charge is -2.28. The molecule has 1 aromatic rings. The summed E-state index contributed by atoms with van der Waals surface area (Å²) >= 11 is 0. The van der Waals surface area contributed by atoms with Crippen LogP contribution in [0.5, 0.6) is 0 Å². The fraction of sp³-hybridized carbons (Fsp3) is 0.611. The number of carbonyl (C=O) groups is 1. The number of nitrogens with zero attached hydrogens (tertiary/aromatic N) is 1. The van der Waals surface area contributed by atoms with E-state index >= 15 is 0 Å². The lowest BCUT2D eigenvalue weighted by atomic mass is 10.1. The van der Waals surface area contributed by atoms with Gasteiger partial charge in [-0.15, -0.1) is 0 Å². The lowest BCUT2D eigenvalue weighted by molar-refractivity contribution is 0.0885. The largest absolute Gasteiger partial charge is 0.293 e. The second-order valence-electron chi connectivity index (χ2n) is 6.52. The molecular formula is C18H26FNO. The summed E-state index contributed by atoms with van der Waals surface area (Å²) in [6.07, 6.45) is 6.07. The summed E-state index contributed by atoms with van der Waals surface area (Å²) in [6.45, 7) is 5.88. The Morgan fingerprint density at radius 1 is 1.24 bits per heavy atom. The molecule has 0 amide bonds. The number of carbonyl (C=O) groups excluding carboxylic acids is 1. The summed E-state index contributed by atoms with van der Waals surface area (Å²) < 4.78 is 12.9. The van der Waals surface area contributed by atoms with Crippen LogP contribution < -0.4 is 0 Å². The Morgan fingerprint density at radius 2 is 1.86 bits per heavy atom. The van der Waals surface area contributed by atoms with Crippen LogP contribution in [0.4, 0.5) is 4.39 Å². The monoisotopic (exact) mass is 291 g/mol. The molecule has 0 spiro atoms. The van der Waals surface area contributed by atoms with E-state index < -0.39 is 0 Å². The van der Waals surface area contributed by atoms with Crippen LogP contribution in [0.1, 0.15) is 56.3 Å². The second kappa shape index (κ2) is 7.69. The van der Waals surface area contributed by atoms with Gasteiger partial charge in [0.2, 0.25) is 0 Å².